The SMILES string of the molecule is CCCCCCCC[N+](S)(CCCCCCCC)C(=S)C(CC(=O)OCCCCC)C(=O)OCCCCC. The maximum Gasteiger partial charge on any atom is 0.320 e. The van der Waals surface area contributed by atoms with Gasteiger partial charge in [-0.2, -0.15) is 0 Å². The molecule has 7 heteroatoms. The zero-order valence-corrected chi connectivity index (χ0v) is 27.0. The number of esters is 2. The molecule has 1 atom stereocenters. The van der Waals surface area contributed by atoms with Crippen LogP contribution >= 0.6 is 25.0 Å². The minimum atomic E-state index is -0.803. The Morgan fingerprint density at radius 2 is 1.03 bits per heavy atom. The van der Waals surface area contributed by atoms with Gasteiger partial charge in [0.15, 0.2) is 5.92 Å². The van der Waals surface area contributed by atoms with Gasteiger partial charge in [0.25, 0.3) is 0 Å². The van der Waals surface area contributed by atoms with Crippen LogP contribution in [0.5, 0.6) is 0 Å². The third-order valence-electron chi connectivity index (χ3n) is 7.13. The summed E-state index contributed by atoms with van der Waals surface area (Å²) in [7, 11) is 0. The van der Waals surface area contributed by atoms with E-state index in [1.165, 1.54) is 51.4 Å². The fraction of sp³-hybridized carbons (Fsp3) is 0.903. The molecule has 1 unspecified atom stereocenters. The number of thiol groups is 1. The van der Waals surface area contributed by atoms with E-state index in [2.05, 4.69) is 27.7 Å². The largest absolute Gasteiger partial charge is 0.466 e. The maximum absolute atomic E-state index is 13.2. The Morgan fingerprint density at radius 3 is 1.50 bits per heavy atom. The van der Waals surface area contributed by atoms with Crippen LogP contribution in [-0.4, -0.2) is 47.1 Å². The Bertz CT molecular complexity index is 599. The van der Waals surface area contributed by atoms with Crippen LogP contribution in [0.1, 0.15) is 150 Å². The molecule has 0 amide bonds. The second-order valence-electron chi connectivity index (χ2n) is 10.8. The molecule has 0 aliphatic rings. The van der Waals surface area contributed by atoms with E-state index < -0.39 is 11.9 Å². The van der Waals surface area contributed by atoms with E-state index in [9.17, 15) is 9.59 Å². The summed E-state index contributed by atoms with van der Waals surface area (Å²) in [5, 5.41) is 0. The number of ether oxygens (including phenoxy) is 2. The Labute approximate surface area is 246 Å². The molecule has 224 valence electrons. The van der Waals surface area contributed by atoms with Gasteiger partial charge in [-0.3, -0.25) is 9.59 Å². The number of carbonyl (C=O) groups is 2. The molecule has 0 aliphatic heterocycles. The van der Waals surface area contributed by atoms with Gasteiger partial charge in [0.2, 0.25) is 4.99 Å². The van der Waals surface area contributed by atoms with Gasteiger partial charge in [0.05, 0.1) is 45.5 Å². The lowest BCUT2D eigenvalue weighted by Gasteiger charge is -2.34. The topological polar surface area (TPSA) is 52.6 Å². The molecule has 0 radical (unpaired) electrons. The average Bonchev–Trinajstić information content (AvgIpc) is 2.91. The number of hydrogen-bond acceptors (Lipinski definition) is 6. The van der Waals surface area contributed by atoms with Crippen LogP contribution in [-0.2, 0) is 19.1 Å². The molecule has 0 aromatic carbocycles. The van der Waals surface area contributed by atoms with Gasteiger partial charge >= 0.3 is 11.9 Å². The summed E-state index contributed by atoms with van der Waals surface area (Å²) in [5.74, 6) is -1.58. The fourth-order valence-electron chi connectivity index (χ4n) is 4.59. The average molecular weight is 575 g/mol. The van der Waals surface area contributed by atoms with Crippen molar-refractivity contribution in [2.24, 2.45) is 5.92 Å². The minimum Gasteiger partial charge on any atom is -0.466 e. The zero-order valence-electron chi connectivity index (χ0n) is 25.3. The predicted molar refractivity (Wildman–Crippen MR) is 167 cm³/mol. The number of quaternary nitrogens is 1. The van der Waals surface area contributed by atoms with Gasteiger partial charge in [-0.05, 0) is 50.7 Å². The van der Waals surface area contributed by atoms with Gasteiger partial charge in [0, 0.05) is 0 Å². The van der Waals surface area contributed by atoms with Crippen LogP contribution in [0, 0.1) is 5.92 Å². The van der Waals surface area contributed by atoms with Gasteiger partial charge < -0.3 is 9.47 Å². The third kappa shape index (κ3) is 18.6. The van der Waals surface area contributed by atoms with Crippen LogP contribution in [0.3, 0.4) is 0 Å². The summed E-state index contributed by atoms with van der Waals surface area (Å²) in [5.41, 5.74) is 0. The second kappa shape index (κ2) is 25.3. The molecule has 0 N–H and O–H groups in total. The third-order valence-corrected chi connectivity index (χ3v) is 8.51. The Morgan fingerprint density at radius 1 is 0.632 bits per heavy atom. The van der Waals surface area contributed by atoms with Gasteiger partial charge in [-0.25, -0.2) is 3.89 Å². The lowest BCUT2D eigenvalue weighted by molar-refractivity contribution is -0.696. The smallest absolute Gasteiger partial charge is 0.320 e. The fourth-order valence-corrected chi connectivity index (χ4v) is 5.37. The molecule has 0 spiro atoms. The number of hydrogen-bond donors (Lipinski definition) is 1. The molecule has 0 saturated heterocycles. The van der Waals surface area contributed by atoms with Crippen molar-refractivity contribution in [3.63, 3.8) is 0 Å². The standard InChI is InChI=1S/C31H60NO4S2/c1-5-9-13-15-17-19-23-32(38,24-20-18-16-14-10-6-2)30(37)28(31(34)36-26-22-12-8-4)27-29(33)35-25-21-11-7-3/h28,38H,5-27H2,1-4H3/q+1. The molecular weight excluding hydrogens is 514 g/mol. The monoisotopic (exact) mass is 574 g/mol. The first kappa shape index (κ1) is 37.3. The summed E-state index contributed by atoms with van der Waals surface area (Å²) in [6.45, 7) is 11.0. The summed E-state index contributed by atoms with van der Waals surface area (Å²) in [4.78, 5) is 26.5. The van der Waals surface area contributed by atoms with Crippen LogP contribution < -0.4 is 0 Å². The van der Waals surface area contributed by atoms with Crippen molar-refractivity contribution in [1.29, 1.82) is 0 Å². The van der Waals surface area contributed by atoms with Gasteiger partial charge in [-0.1, -0.05) is 105 Å². The zero-order chi connectivity index (χ0) is 28.5. The van der Waals surface area contributed by atoms with Crippen LogP contribution in [0.2, 0.25) is 0 Å². The van der Waals surface area contributed by atoms with E-state index in [1.54, 1.807) is 0 Å². The Balaban J connectivity index is 5.44. The van der Waals surface area contributed by atoms with E-state index >= 15 is 0 Å². The number of carbonyl (C=O) groups excluding carboxylic acids is 2. The molecule has 0 saturated carbocycles. The van der Waals surface area contributed by atoms with E-state index in [0.29, 0.717) is 18.2 Å². The van der Waals surface area contributed by atoms with E-state index in [0.717, 1.165) is 77.3 Å². The van der Waals surface area contributed by atoms with E-state index in [-0.39, 0.29) is 16.3 Å². The van der Waals surface area contributed by atoms with Crippen molar-refractivity contribution in [3.05, 3.63) is 0 Å². The highest BCUT2D eigenvalue weighted by atomic mass is 32.1. The Hall–Kier alpha value is -0.660. The molecule has 0 fully saturated rings. The number of thiocarbonyl (C=S) groups is 1. The van der Waals surface area contributed by atoms with Crippen molar-refractivity contribution in [1.82, 2.24) is 0 Å². The molecule has 0 bridgehead atoms. The van der Waals surface area contributed by atoms with Crippen molar-refractivity contribution in [2.45, 2.75) is 150 Å². The van der Waals surface area contributed by atoms with Gasteiger partial charge in [0.1, 0.15) is 0 Å². The molecule has 5 nitrogen and oxygen atoms in total. The summed E-state index contributed by atoms with van der Waals surface area (Å²) in [6, 6.07) is 0. The normalized spacial score (nSPS) is 12.3. The first-order valence-electron chi connectivity index (χ1n) is 15.8. The van der Waals surface area contributed by atoms with Crippen molar-refractivity contribution < 1.29 is 23.0 Å². The van der Waals surface area contributed by atoms with E-state index in [4.69, 9.17) is 34.5 Å². The van der Waals surface area contributed by atoms with Crippen LogP contribution in [0.25, 0.3) is 0 Å². The summed E-state index contributed by atoms with van der Waals surface area (Å²) < 4.78 is 11.4. The first-order chi connectivity index (χ1) is 18.4. The molecule has 0 heterocycles. The first-order valence-corrected chi connectivity index (χ1v) is 16.6. The molecular formula is C31H60NO4S2+. The number of rotatable bonds is 26. The molecule has 38 heavy (non-hydrogen) atoms. The van der Waals surface area contributed by atoms with Crippen molar-refractivity contribution in [3.8, 4) is 0 Å². The lowest BCUT2D eigenvalue weighted by atomic mass is 10.0. The maximum atomic E-state index is 13.2. The highest BCUT2D eigenvalue weighted by Crippen LogP contribution is 2.27. The molecule has 0 rings (SSSR count). The van der Waals surface area contributed by atoms with Crippen LogP contribution in [0.4, 0.5) is 0 Å². The Kier molecular flexibility index (Phi) is 24.9. The van der Waals surface area contributed by atoms with Crippen LogP contribution in [0.15, 0.2) is 0 Å². The molecule has 0 aromatic rings. The highest BCUT2D eigenvalue weighted by molar-refractivity contribution is 7.82. The second-order valence-corrected chi connectivity index (χ2v) is 12.0. The molecule has 0 aliphatic carbocycles. The summed E-state index contributed by atoms with van der Waals surface area (Å²) >= 11 is 11.1. The van der Waals surface area contributed by atoms with Gasteiger partial charge in [-0.15, -0.1) is 0 Å². The highest BCUT2D eigenvalue weighted by Gasteiger charge is 2.41. The lowest BCUT2D eigenvalue weighted by Crippen LogP contribution is -2.50. The van der Waals surface area contributed by atoms with Crippen molar-refractivity contribution in [2.75, 3.05) is 26.3 Å². The quantitative estimate of drug-likeness (QED) is 0.0367. The summed E-state index contributed by atoms with van der Waals surface area (Å²) in [6.07, 6.45) is 19.9. The molecule has 0 aromatic heterocycles. The van der Waals surface area contributed by atoms with Crippen molar-refractivity contribution >= 4 is 42.0 Å². The number of nitrogens with zero attached hydrogens (tertiary/aromatic N) is 1. The predicted octanol–water partition coefficient (Wildman–Crippen LogP) is 9.17. The number of unbranched alkanes of at least 4 members (excludes halogenated alkanes) is 14. The van der Waals surface area contributed by atoms with E-state index in [1.807, 2.05) is 0 Å². The minimum absolute atomic E-state index is 0.0644.